The van der Waals surface area contributed by atoms with Crippen molar-refractivity contribution in [3.05, 3.63) is 0 Å². The molecule has 0 saturated heterocycles. The van der Waals surface area contributed by atoms with E-state index in [-0.39, 0.29) is 11.2 Å². The fraction of sp³-hybridized carbons (Fsp3) is 1.00. The average Bonchev–Trinajstić information content (AvgIpc) is 2.25. The van der Waals surface area contributed by atoms with Crippen LogP contribution in [0.2, 0.25) is 0 Å². The van der Waals surface area contributed by atoms with Gasteiger partial charge in [0.05, 0.1) is 17.5 Å². The monoisotopic (exact) mass is 278 g/mol. The lowest BCUT2D eigenvalue weighted by molar-refractivity contribution is -0.0766. The third-order valence-corrected chi connectivity index (χ3v) is 5.61. The van der Waals surface area contributed by atoms with Gasteiger partial charge in [0.25, 0.3) is 0 Å². The van der Waals surface area contributed by atoms with Gasteiger partial charge in [-0.15, -0.1) is 0 Å². The Labute approximate surface area is 110 Å². The predicted molar refractivity (Wildman–Crippen MR) is 72.1 cm³/mol. The molecule has 18 heavy (non-hydrogen) atoms. The highest BCUT2D eigenvalue weighted by molar-refractivity contribution is 7.91. The van der Waals surface area contributed by atoms with Gasteiger partial charge in [0, 0.05) is 6.26 Å². The predicted octanol–water partition coefficient (Wildman–Crippen LogP) is 1.36. The van der Waals surface area contributed by atoms with Crippen LogP contribution in [0.5, 0.6) is 0 Å². The maximum atomic E-state index is 11.6. The molecule has 0 spiro atoms. The fourth-order valence-electron chi connectivity index (χ4n) is 2.65. The lowest BCUT2D eigenvalue weighted by atomic mass is 9.76. The molecule has 4 nitrogen and oxygen atoms in total. The van der Waals surface area contributed by atoms with Crippen LogP contribution in [0.25, 0.3) is 0 Å². The van der Waals surface area contributed by atoms with Crippen molar-refractivity contribution < 1.29 is 18.6 Å². The van der Waals surface area contributed by atoms with Gasteiger partial charge in [0.1, 0.15) is 9.84 Å². The molecule has 1 fully saturated rings. The van der Waals surface area contributed by atoms with Crippen molar-refractivity contribution >= 4 is 9.84 Å². The first-order valence-corrected chi connectivity index (χ1v) is 8.54. The first kappa shape index (κ1) is 15.9. The fourth-order valence-corrected chi connectivity index (χ4v) is 3.84. The molecule has 1 saturated carbocycles. The van der Waals surface area contributed by atoms with E-state index in [2.05, 4.69) is 0 Å². The molecule has 108 valence electrons. The van der Waals surface area contributed by atoms with Gasteiger partial charge in [-0.05, 0) is 30.6 Å². The van der Waals surface area contributed by atoms with Gasteiger partial charge in [-0.3, -0.25) is 0 Å². The summed E-state index contributed by atoms with van der Waals surface area (Å²) < 4.78 is 23.2. The normalized spacial score (nSPS) is 29.9. The molecule has 4 unspecified atom stereocenters. The molecule has 5 heteroatoms. The summed E-state index contributed by atoms with van der Waals surface area (Å²) in [7, 11) is -3.05. The first-order chi connectivity index (χ1) is 8.03. The van der Waals surface area contributed by atoms with Gasteiger partial charge in [-0.25, -0.2) is 8.42 Å². The average molecular weight is 278 g/mol. The highest BCUT2D eigenvalue weighted by Gasteiger charge is 2.38. The van der Waals surface area contributed by atoms with Crippen LogP contribution in [-0.2, 0) is 9.84 Å². The molecule has 0 aromatic heterocycles. The number of sulfone groups is 1. The molecule has 0 radical (unpaired) electrons. The van der Waals surface area contributed by atoms with Gasteiger partial charge in [0.15, 0.2) is 0 Å². The van der Waals surface area contributed by atoms with E-state index in [9.17, 15) is 18.6 Å². The van der Waals surface area contributed by atoms with Crippen molar-refractivity contribution in [2.45, 2.75) is 63.9 Å². The molecule has 4 atom stereocenters. The summed E-state index contributed by atoms with van der Waals surface area (Å²) in [6.45, 7) is 5.62. The van der Waals surface area contributed by atoms with Crippen LogP contribution in [0, 0.1) is 11.3 Å². The van der Waals surface area contributed by atoms with Crippen LogP contribution >= 0.6 is 0 Å². The molecule has 1 rings (SSSR count). The van der Waals surface area contributed by atoms with Crippen molar-refractivity contribution in [1.82, 2.24) is 0 Å². The van der Waals surface area contributed by atoms with Gasteiger partial charge >= 0.3 is 0 Å². The van der Waals surface area contributed by atoms with E-state index in [4.69, 9.17) is 0 Å². The molecule has 0 amide bonds. The quantitative estimate of drug-likeness (QED) is 0.817. The maximum absolute atomic E-state index is 11.6. The number of hydrogen-bond acceptors (Lipinski definition) is 4. The summed E-state index contributed by atoms with van der Waals surface area (Å²) in [6.07, 6.45) is 2.33. The van der Waals surface area contributed by atoms with Crippen LogP contribution in [0.3, 0.4) is 0 Å². The second-order valence-electron chi connectivity index (χ2n) is 6.68. The van der Waals surface area contributed by atoms with Crippen molar-refractivity contribution in [3.63, 3.8) is 0 Å². The molecule has 1 aliphatic rings. The van der Waals surface area contributed by atoms with E-state index in [0.717, 1.165) is 12.8 Å². The summed E-state index contributed by atoms with van der Waals surface area (Å²) >= 11 is 0. The molecule has 2 N–H and O–H groups in total. The Bertz CT molecular complexity index is 369. The van der Waals surface area contributed by atoms with Crippen LogP contribution in [0.4, 0.5) is 0 Å². The van der Waals surface area contributed by atoms with Gasteiger partial charge < -0.3 is 10.2 Å². The topological polar surface area (TPSA) is 74.6 Å². The minimum Gasteiger partial charge on any atom is -0.390 e. The SMILES string of the molecule is CC(C)(C)C(O)C(O)C1CCCC(S(C)(=O)=O)C1. The smallest absolute Gasteiger partial charge is 0.150 e. The third kappa shape index (κ3) is 3.93. The highest BCUT2D eigenvalue weighted by Crippen LogP contribution is 2.34. The molecular weight excluding hydrogens is 252 g/mol. The minimum atomic E-state index is -3.05. The van der Waals surface area contributed by atoms with E-state index in [1.165, 1.54) is 6.26 Å². The summed E-state index contributed by atoms with van der Waals surface area (Å²) in [5.41, 5.74) is -0.391. The Morgan fingerprint density at radius 1 is 1.17 bits per heavy atom. The molecule has 0 heterocycles. The second kappa shape index (κ2) is 5.47. The van der Waals surface area contributed by atoms with E-state index in [1.54, 1.807) is 0 Å². The number of hydrogen-bond donors (Lipinski definition) is 2. The van der Waals surface area contributed by atoms with Crippen LogP contribution in [0.1, 0.15) is 46.5 Å². The van der Waals surface area contributed by atoms with Crippen LogP contribution in [-0.4, -0.2) is 42.3 Å². The van der Waals surface area contributed by atoms with Crippen LogP contribution in [0.15, 0.2) is 0 Å². The standard InChI is InChI=1S/C13H26O4S/c1-13(2,3)12(15)11(14)9-6-5-7-10(8-9)18(4,16)17/h9-12,14-15H,5-8H2,1-4H3. The van der Waals surface area contributed by atoms with Gasteiger partial charge in [0.2, 0.25) is 0 Å². The van der Waals surface area contributed by atoms with E-state index >= 15 is 0 Å². The largest absolute Gasteiger partial charge is 0.390 e. The molecule has 0 bridgehead atoms. The molecule has 0 aliphatic heterocycles. The zero-order valence-electron chi connectivity index (χ0n) is 11.8. The van der Waals surface area contributed by atoms with Crippen molar-refractivity contribution in [3.8, 4) is 0 Å². The summed E-state index contributed by atoms with van der Waals surface area (Å²) in [4.78, 5) is 0. The first-order valence-electron chi connectivity index (χ1n) is 6.58. The Morgan fingerprint density at radius 3 is 2.17 bits per heavy atom. The highest BCUT2D eigenvalue weighted by atomic mass is 32.2. The number of aliphatic hydroxyl groups excluding tert-OH is 2. The van der Waals surface area contributed by atoms with Crippen molar-refractivity contribution in [2.75, 3.05) is 6.26 Å². The van der Waals surface area contributed by atoms with Gasteiger partial charge in [-0.2, -0.15) is 0 Å². The lowest BCUT2D eigenvalue weighted by Gasteiger charge is -2.37. The lowest BCUT2D eigenvalue weighted by Crippen LogP contribution is -2.44. The Hall–Kier alpha value is -0.130. The Balaban J connectivity index is 2.73. The second-order valence-corrected chi connectivity index (χ2v) is 9.01. The Kier molecular flexibility index (Phi) is 4.84. The zero-order chi connectivity index (χ0) is 14.1. The van der Waals surface area contributed by atoms with E-state index < -0.39 is 27.5 Å². The summed E-state index contributed by atoms with van der Waals surface area (Å²) in [5.74, 6) is -0.118. The molecular formula is C13H26O4S. The number of aliphatic hydroxyl groups is 2. The van der Waals surface area contributed by atoms with E-state index in [0.29, 0.717) is 12.8 Å². The summed E-state index contributed by atoms with van der Waals surface area (Å²) in [6, 6.07) is 0. The van der Waals surface area contributed by atoms with E-state index in [1.807, 2.05) is 20.8 Å². The Morgan fingerprint density at radius 2 is 1.72 bits per heavy atom. The van der Waals surface area contributed by atoms with Gasteiger partial charge in [-0.1, -0.05) is 27.2 Å². The molecule has 0 aromatic rings. The minimum absolute atomic E-state index is 0.118. The van der Waals surface area contributed by atoms with Crippen molar-refractivity contribution in [2.24, 2.45) is 11.3 Å². The summed E-state index contributed by atoms with van der Waals surface area (Å²) in [5, 5.41) is 19.9. The number of rotatable bonds is 3. The zero-order valence-corrected chi connectivity index (χ0v) is 12.6. The third-order valence-electron chi connectivity index (χ3n) is 3.97. The maximum Gasteiger partial charge on any atom is 0.150 e. The van der Waals surface area contributed by atoms with Crippen molar-refractivity contribution in [1.29, 1.82) is 0 Å². The molecule has 0 aromatic carbocycles. The van der Waals surface area contributed by atoms with Crippen LogP contribution < -0.4 is 0 Å². The molecule has 1 aliphatic carbocycles.